The molecule has 1 aromatic heterocycles. The number of anilines is 4. The Labute approximate surface area is 198 Å². The molecule has 170 valence electrons. The number of aromatic nitrogens is 2. The number of carbonyl (C=O) groups excluding carboxylic acids is 1. The molecule has 0 saturated carbocycles. The molecule has 2 N–H and O–H groups in total. The summed E-state index contributed by atoms with van der Waals surface area (Å²) in [6, 6.07) is 26.9. The van der Waals surface area contributed by atoms with Crippen molar-refractivity contribution in [3.63, 3.8) is 0 Å². The summed E-state index contributed by atoms with van der Waals surface area (Å²) in [5.74, 6) is 1.13. The molecule has 0 unspecified atom stereocenters. The lowest BCUT2D eigenvalue weighted by Gasteiger charge is -2.28. The minimum absolute atomic E-state index is 0.171. The fourth-order valence-electron chi connectivity index (χ4n) is 3.82. The van der Waals surface area contributed by atoms with Crippen molar-refractivity contribution >= 4 is 28.8 Å². The first kappa shape index (κ1) is 21.6. The molecule has 0 bridgehead atoms. The second kappa shape index (κ2) is 10.1. The van der Waals surface area contributed by atoms with E-state index in [9.17, 15) is 4.79 Å². The highest BCUT2D eigenvalue weighted by Crippen LogP contribution is 2.22. The lowest BCUT2D eigenvalue weighted by Crippen LogP contribution is -2.36. The van der Waals surface area contributed by atoms with Gasteiger partial charge < -0.3 is 20.3 Å². The Hall–Kier alpha value is -4.23. The minimum atomic E-state index is -0.171. The molecular weight excluding hydrogens is 426 g/mol. The Balaban J connectivity index is 1.25. The molecule has 1 saturated heterocycles. The zero-order valence-corrected chi connectivity index (χ0v) is 18.6. The first-order valence-corrected chi connectivity index (χ1v) is 11.2. The Kier molecular flexibility index (Phi) is 6.45. The van der Waals surface area contributed by atoms with Crippen LogP contribution in [0.15, 0.2) is 91.1 Å². The molecule has 1 amide bonds. The fraction of sp³-hybridized carbons (Fsp3) is 0.148. The maximum Gasteiger partial charge on any atom is 0.255 e. The number of hydrogen-bond donors (Lipinski definition) is 2. The van der Waals surface area contributed by atoms with E-state index in [1.165, 1.54) is 0 Å². The molecule has 3 aromatic carbocycles. The topological polar surface area (TPSA) is 79.4 Å². The molecule has 0 atom stereocenters. The summed E-state index contributed by atoms with van der Waals surface area (Å²) >= 11 is 0. The lowest BCUT2D eigenvalue weighted by atomic mass is 10.1. The molecule has 0 spiro atoms. The first-order chi connectivity index (χ1) is 16.7. The van der Waals surface area contributed by atoms with Crippen LogP contribution in [0.2, 0.25) is 0 Å². The van der Waals surface area contributed by atoms with Crippen molar-refractivity contribution in [2.45, 2.75) is 0 Å². The molecule has 4 aromatic rings. The normalized spacial score (nSPS) is 13.4. The zero-order chi connectivity index (χ0) is 23.2. The highest BCUT2D eigenvalue weighted by atomic mass is 16.5. The number of amides is 1. The van der Waals surface area contributed by atoms with Crippen LogP contribution in [0.3, 0.4) is 0 Å². The smallest absolute Gasteiger partial charge is 0.255 e. The average molecular weight is 452 g/mol. The largest absolute Gasteiger partial charge is 0.378 e. The number of rotatable bonds is 6. The molecule has 1 aliphatic rings. The number of carbonyl (C=O) groups is 1. The van der Waals surface area contributed by atoms with Crippen LogP contribution >= 0.6 is 0 Å². The van der Waals surface area contributed by atoms with E-state index in [2.05, 4.69) is 25.5 Å². The molecular formula is C27H25N5O2. The molecule has 0 radical (unpaired) electrons. The van der Waals surface area contributed by atoms with Crippen LogP contribution in [0.25, 0.3) is 11.4 Å². The van der Waals surface area contributed by atoms with Crippen molar-refractivity contribution in [2.24, 2.45) is 0 Å². The van der Waals surface area contributed by atoms with Gasteiger partial charge in [0.15, 0.2) is 5.82 Å². The highest BCUT2D eigenvalue weighted by molar-refractivity contribution is 6.05. The van der Waals surface area contributed by atoms with E-state index in [0.29, 0.717) is 17.2 Å². The Morgan fingerprint density at radius 1 is 0.853 bits per heavy atom. The van der Waals surface area contributed by atoms with Gasteiger partial charge in [-0.2, -0.15) is 0 Å². The van der Waals surface area contributed by atoms with E-state index in [4.69, 9.17) is 4.74 Å². The zero-order valence-electron chi connectivity index (χ0n) is 18.6. The van der Waals surface area contributed by atoms with Crippen molar-refractivity contribution in [2.75, 3.05) is 41.8 Å². The van der Waals surface area contributed by atoms with Gasteiger partial charge in [0, 0.05) is 47.5 Å². The van der Waals surface area contributed by atoms with Gasteiger partial charge in [-0.15, -0.1) is 0 Å². The van der Waals surface area contributed by atoms with Crippen molar-refractivity contribution in [1.82, 2.24) is 9.97 Å². The fourth-order valence-corrected chi connectivity index (χ4v) is 3.82. The van der Waals surface area contributed by atoms with Gasteiger partial charge in [-0.25, -0.2) is 9.97 Å². The average Bonchev–Trinajstić information content (AvgIpc) is 2.90. The number of nitrogens with one attached hydrogen (secondary N) is 2. The van der Waals surface area contributed by atoms with Gasteiger partial charge >= 0.3 is 0 Å². The van der Waals surface area contributed by atoms with Gasteiger partial charge in [-0.3, -0.25) is 4.79 Å². The van der Waals surface area contributed by atoms with Gasteiger partial charge in [0.25, 0.3) is 5.91 Å². The van der Waals surface area contributed by atoms with E-state index < -0.39 is 0 Å². The van der Waals surface area contributed by atoms with E-state index >= 15 is 0 Å². The van der Waals surface area contributed by atoms with E-state index in [-0.39, 0.29) is 5.91 Å². The second-order valence-electron chi connectivity index (χ2n) is 7.94. The summed E-state index contributed by atoms with van der Waals surface area (Å²) in [7, 11) is 0. The SMILES string of the molecule is O=C(Nc1ccc(N2CCOCC2)cc1)c1cccc(Nc2ccnc(-c3ccccc3)n2)c1. The molecule has 5 rings (SSSR count). The van der Waals surface area contributed by atoms with Crippen LogP contribution in [0.5, 0.6) is 0 Å². The highest BCUT2D eigenvalue weighted by Gasteiger charge is 2.12. The third-order valence-corrected chi connectivity index (χ3v) is 5.59. The first-order valence-electron chi connectivity index (χ1n) is 11.2. The molecule has 0 aliphatic carbocycles. The van der Waals surface area contributed by atoms with Gasteiger partial charge in [0.05, 0.1) is 13.2 Å². The van der Waals surface area contributed by atoms with Crippen LogP contribution in [0, 0.1) is 0 Å². The van der Waals surface area contributed by atoms with Crippen molar-refractivity contribution in [3.05, 3.63) is 96.7 Å². The number of benzene rings is 3. The van der Waals surface area contributed by atoms with E-state index in [1.807, 2.05) is 72.8 Å². The van der Waals surface area contributed by atoms with Crippen LogP contribution in [-0.2, 0) is 4.74 Å². The van der Waals surface area contributed by atoms with Crippen LogP contribution in [0.4, 0.5) is 22.9 Å². The molecule has 2 heterocycles. The summed E-state index contributed by atoms with van der Waals surface area (Å²) in [6.45, 7) is 3.24. The van der Waals surface area contributed by atoms with Gasteiger partial charge in [0.2, 0.25) is 0 Å². The standard InChI is InChI=1S/C27H25N5O2/c33-27(30-22-9-11-24(12-10-22)32-15-17-34-18-16-32)21-7-4-8-23(19-21)29-25-13-14-28-26(31-25)20-5-2-1-3-6-20/h1-14,19H,15-18H2,(H,30,33)(H,28,29,31). The summed E-state index contributed by atoms with van der Waals surface area (Å²) in [6.07, 6.45) is 1.72. The predicted molar refractivity (Wildman–Crippen MR) is 135 cm³/mol. The van der Waals surface area contributed by atoms with E-state index in [0.717, 1.165) is 48.9 Å². The summed E-state index contributed by atoms with van der Waals surface area (Å²) in [5, 5.41) is 6.24. The Morgan fingerprint density at radius 3 is 2.44 bits per heavy atom. The molecule has 1 fully saturated rings. The molecule has 34 heavy (non-hydrogen) atoms. The predicted octanol–water partition coefficient (Wildman–Crippen LogP) is 4.98. The number of nitrogens with zero attached hydrogens (tertiary/aromatic N) is 3. The van der Waals surface area contributed by atoms with Crippen molar-refractivity contribution in [3.8, 4) is 11.4 Å². The van der Waals surface area contributed by atoms with E-state index in [1.54, 1.807) is 18.3 Å². The van der Waals surface area contributed by atoms with Gasteiger partial charge in [-0.05, 0) is 48.5 Å². The molecule has 7 heteroatoms. The van der Waals surface area contributed by atoms with Gasteiger partial charge in [0.1, 0.15) is 5.82 Å². The molecule has 7 nitrogen and oxygen atoms in total. The summed E-state index contributed by atoms with van der Waals surface area (Å²) < 4.78 is 5.41. The third-order valence-electron chi connectivity index (χ3n) is 5.59. The maximum atomic E-state index is 12.9. The number of ether oxygens (including phenoxy) is 1. The van der Waals surface area contributed by atoms with Crippen molar-refractivity contribution < 1.29 is 9.53 Å². The monoisotopic (exact) mass is 451 g/mol. The number of morpholine rings is 1. The number of hydrogen-bond acceptors (Lipinski definition) is 6. The van der Waals surface area contributed by atoms with Crippen LogP contribution < -0.4 is 15.5 Å². The van der Waals surface area contributed by atoms with Crippen LogP contribution in [-0.4, -0.2) is 42.2 Å². The Bertz CT molecular complexity index is 1260. The quantitative estimate of drug-likeness (QED) is 0.431. The van der Waals surface area contributed by atoms with Gasteiger partial charge in [-0.1, -0.05) is 36.4 Å². The second-order valence-corrected chi connectivity index (χ2v) is 7.94. The van der Waals surface area contributed by atoms with Crippen molar-refractivity contribution in [1.29, 1.82) is 0 Å². The molecule has 1 aliphatic heterocycles. The maximum absolute atomic E-state index is 12.9. The summed E-state index contributed by atoms with van der Waals surface area (Å²) in [4.78, 5) is 24.1. The third kappa shape index (κ3) is 5.22. The summed E-state index contributed by atoms with van der Waals surface area (Å²) in [5.41, 5.74) is 4.16. The van der Waals surface area contributed by atoms with Crippen LogP contribution in [0.1, 0.15) is 10.4 Å². The Morgan fingerprint density at radius 2 is 1.65 bits per heavy atom. The lowest BCUT2D eigenvalue weighted by molar-refractivity contribution is 0.102. The minimum Gasteiger partial charge on any atom is -0.378 e.